The van der Waals surface area contributed by atoms with Gasteiger partial charge in [0.1, 0.15) is 23.2 Å². The van der Waals surface area contributed by atoms with Crippen molar-refractivity contribution in [2.24, 2.45) is 15.0 Å². The Morgan fingerprint density at radius 3 is 1.20 bits per heavy atom. The first kappa shape index (κ1) is 65.6. The van der Waals surface area contributed by atoms with Gasteiger partial charge < -0.3 is 33.6 Å². The third kappa shape index (κ3) is 16.0. The Morgan fingerprint density at radius 1 is 0.420 bits per heavy atom. The summed E-state index contributed by atoms with van der Waals surface area (Å²) < 4.78 is 27.4. The maximum atomic E-state index is 5.56. The van der Waals surface area contributed by atoms with Crippen molar-refractivity contribution in [2.75, 3.05) is 101 Å². The molecule has 0 atom stereocenters. The largest absolute Gasteiger partial charge is 0.497 e. The van der Waals surface area contributed by atoms with Crippen LogP contribution in [-0.2, 0) is 33.8 Å². The predicted octanol–water partition coefficient (Wildman–Crippen LogP) is 10.5. The molecule has 504 valence electrons. The number of ether oxygens (including phenoxy) is 4. The Kier molecular flexibility index (Phi) is 20.5. The van der Waals surface area contributed by atoms with E-state index in [-0.39, 0.29) is 0 Å². The molecule has 0 N–H and O–H groups in total. The van der Waals surface area contributed by atoms with Crippen molar-refractivity contribution in [2.45, 2.75) is 46.3 Å². The molecule has 0 unspecified atom stereocenters. The smallest absolute Gasteiger partial charge is 0.254 e. The van der Waals surface area contributed by atoms with Gasteiger partial charge in [-0.1, -0.05) is 80.1 Å². The summed E-state index contributed by atoms with van der Waals surface area (Å²) in [4.78, 5) is 61.4. The number of methoxy groups -OCH3 is 1. The van der Waals surface area contributed by atoms with Crippen molar-refractivity contribution in [1.29, 1.82) is 0 Å². The van der Waals surface area contributed by atoms with Gasteiger partial charge >= 0.3 is 0 Å². The van der Waals surface area contributed by atoms with Crippen molar-refractivity contribution in [1.82, 2.24) is 73.7 Å². The van der Waals surface area contributed by atoms with Gasteiger partial charge in [-0.2, -0.15) is 28.5 Å². The number of hydrogen-bond donors (Lipinski definition) is 0. The van der Waals surface area contributed by atoms with E-state index in [2.05, 4.69) is 143 Å². The van der Waals surface area contributed by atoms with Crippen molar-refractivity contribution in [3.63, 3.8) is 0 Å². The highest BCUT2D eigenvalue weighted by atomic mass is 16.5. The molecule has 100 heavy (non-hydrogen) atoms. The zero-order valence-corrected chi connectivity index (χ0v) is 56.2. The van der Waals surface area contributed by atoms with Gasteiger partial charge in [0, 0.05) is 130 Å². The second kappa shape index (κ2) is 31.2. The molecule has 0 aliphatic carbocycles. The Labute approximate surface area is 577 Å². The summed E-state index contributed by atoms with van der Waals surface area (Å²) in [5.41, 5.74) is 11.0. The molecule has 13 aromatic rings. The van der Waals surface area contributed by atoms with Crippen molar-refractivity contribution >= 4 is 64.2 Å². The molecule has 0 spiro atoms. The number of fused-ring (bicyclic) bond motifs is 4. The normalized spacial score (nSPS) is 14.4. The Bertz CT molecular complexity index is 5010. The van der Waals surface area contributed by atoms with E-state index in [1.807, 2.05) is 98.9 Å². The molecule has 0 saturated carbocycles. The summed E-state index contributed by atoms with van der Waals surface area (Å²) in [6.07, 6.45) is 16.1. The number of aliphatic imine (C=N–C) groups is 3. The zero-order valence-electron chi connectivity index (χ0n) is 56.2. The second-order valence-corrected chi connectivity index (χ2v) is 24.4. The molecule has 0 radical (unpaired) electrons. The summed E-state index contributed by atoms with van der Waals surface area (Å²) >= 11 is 0. The molecule has 12 heterocycles. The van der Waals surface area contributed by atoms with Gasteiger partial charge in [0.25, 0.3) is 17.3 Å². The van der Waals surface area contributed by atoms with Crippen LogP contribution in [0.15, 0.2) is 192 Å². The quantitative estimate of drug-likeness (QED) is 0.0768. The number of rotatable bonds is 17. The van der Waals surface area contributed by atoms with Crippen LogP contribution in [0, 0.1) is 6.92 Å². The highest BCUT2D eigenvalue weighted by molar-refractivity contribution is 5.91. The van der Waals surface area contributed by atoms with Crippen LogP contribution in [0.2, 0.25) is 0 Å². The van der Waals surface area contributed by atoms with Crippen molar-refractivity contribution < 1.29 is 18.9 Å². The van der Waals surface area contributed by atoms with Gasteiger partial charge in [0.05, 0.1) is 83.5 Å². The monoisotopic (exact) mass is 1330 g/mol. The van der Waals surface area contributed by atoms with Crippen molar-refractivity contribution in [3.8, 4) is 39.9 Å². The van der Waals surface area contributed by atoms with Crippen LogP contribution in [0.3, 0.4) is 0 Å². The lowest BCUT2D eigenvalue weighted by Gasteiger charge is -2.28. The maximum absolute atomic E-state index is 5.56. The molecule has 16 rings (SSSR count). The SMILES string of the molecule is CC(C)c1cccc(C=NCc2cc(N3CCOCC3)n3nc(-c4ccncc4)nc3n2)c1.COc1ccc2cc(C=NCc3cc(N4CCOCC4)n4nc(-c5ccncc5)nc4n3)ccc2c1.Cc1cccc(C=NCc2cc(N3CCOCC3)n3nc(-c4ccncc4)nc3n2)c1. The number of morpholine rings is 3. The molecule has 3 aliphatic heterocycles. The summed E-state index contributed by atoms with van der Waals surface area (Å²) in [7, 11) is 1.68. The van der Waals surface area contributed by atoms with Crippen LogP contribution in [0.25, 0.3) is 62.3 Å². The van der Waals surface area contributed by atoms with E-state index in [0.29, 0.717) is 100.0 Å². The molecule has 4 aromatic carbocycles. The highest BCUT2D eigenvalue weighted by Gasteiger charge is 2.23. The summed E-state index contributed by atoms with van der Waals surface area (Å²) in [6.45, 7) is 16.7. The molecule has 0 amide bonds. The number of pyridine rings is 3. The van der Waals surface area contributed by atoms with Crippen molar-refractivity contribution in [3.05, 3.63) is 222 Å². The first-order valence-corrected chi connectivity index (χ1v) is 33.4. The summed E-state index contributed by atoms with van der Waals surface area (Å²) in [5.74, 6) is 7.77. The fraction of sp³-hybridized carbons (Fsp3) is 0.267. The lowest BCUT2D eigenvalue weighted by Crippen LogP contribution is -2.37. The van der Waals surface area contributed by atoms with E-state index in [1.165, 1.54) is 11.1 Å². The van der Waals surface area contributed by atoms with Gasteiger partial charge in [-0.3, -0.25) is 29.9 Å². The molecule has 9 aromatic heterocycles. The minimum absolute atomic E-state index is 0.436. The van der Waals surface area contributed by atoms with Gasteiger partial charge in [-0.15, -0.1) is 15.3 Å². The second-order valence-electron chi connectivity index (χ2n) is 24.4. The Hall–Kier alpha value is -11.7. The summed E-state index contributed by atoms with van der Waals surface area (Å²) in [6, 6.07) is 46.6. The first-order chi connectivity index (χ1) is 49.2. The zero-order chi connectivity index (χ0) is 68.0. The van der Waals surface area contributed by atoms with E-state index in [4.69, 9.17) is 59.2 Å². The number of aryl methyl sites for hydroxylation is 1. The van der Waals surface area contributed by atoms with Gasteiger partial charge in [-0.25, -0.2) is 15.0 Å². The van der Waals surface area contributed by atoms with Crippen LogP contribution in [-0.4, -0.2) is 178 Å². The van der Waals surface area contributed by atoms with Gasteiger partial charge in [-0.05, 0) is 107 Å². The number of nitrogens with zero attached hydrogens (tertiary/aromatic N) is 21. The molecule has 3 fully saturated rings. The van der Waals surface area contributed by atoms with Gasteiger partial charge in [0.2, 0.25) is 0 Å². The molecule has 3 aliphatic rings. The van der Waals surface area contributed by atoms with Crippen LogP contribution in [0.4, 0.5) is 17.5 Å². The molecular weight excluding hydrogens is 1260 g/mol. The molecule has 0 bridgehead atoms. The van der Waals surface area contributed by atoms with E-state index in [1.54, 1.807) is 44.3 Å². The summed E-state index contributed by atoms with van der Waals surface area (Å²) in [5, 5.41) is 16.5. The van der Waals surface area contributed by atoms with E-state index >= 15 is 0 Å². The average molecular weight is 1330 g/mol. The first-order valence-electron chi connectivity index (χ1n) is 33.4. The molecule has 25 heteroatoms. The molecule has 3 saturated heterocycles. The lowest BCUT2D eigenvalue weighted by molar-refractivity contribution is 0.122. The van der Waals surface area contributed by atoms with Crippen LogP contribution >= 0.6 is 0 Å². The Balaban J connectivity index is 0.000000128. The highest BCUT2D eigenvalue weighted by Crippen LogP contribution is 2.28. The number of hydrogen-bond acceptors (Lipinski definition) is 22. The Morgan fingerprint density at radius 2 is 0.800 bits per heavy atom. The number of anilines is 3. The van der Waals surface area contributed by atoms with Crippen LogP contribution in [0.1, 0.15) is 64.7 Å². The fourth-order valence-corrected chi connectivity index (χ4v) is 11.8. The minimum atomic E-state index is 0.436. The molecular formula is C75H75N21O4. The number of aromatic nitrogens is 15. The topological polar surface area (TPSA) is 252 Å². The maximum Gasteiger partial charge on any atom is 0.254 e. The number of benzene rings is 4. The minimum Gasteiger partial charge on any atom is -0.497 e. The lowest BCUT2D eigenvalue weighted by atomic mass is 10.0. The predicted molar refractivity (Wildman–Crippen MR) is 387 cm³/mol. The van der Waals surface area contributed by atoms with Gasteiger partial charge in [0.15, 0.2) is 17.5 Å². The molecule has 25 nitrogen and oxygen atoms in total. The third-order valence-corrected chi connectivity index (χ3v) is 17.0. The van der Waals surface area contributed by atoms with E-state index < -0.39 is 0 Å². The van der Waals surface area contributed by atoms with E-state index in [9.17, 15) is 0 Å². The third-order valence-electron chi connectivity index (χ3n) is 17.0. The van der Waals surface area contributed by atoms with E-state index in [0.717, 1.165) is 124 Å². The standard InChI is InChI=1S/C27H25N7O2.C25H27N7O.C23H23N7O/c1-35-24-5-4-21-14-19(2-3-22(21)15-24)17-29-18-23-16-25(33-10-12-36-13-11-33)34-27(30-23)31-26(32-34)20-6-8-28-9-7-20;1-18(2)21-5-3-4-19(14-21)16-27-17-22-15-23(31-10-12-33-13-11-31)32-25(28-22)29-24(30-32)20-6-8-26-9-7-20;1-17-3-2-4-18(13-17)15-25-16-20-14-21(29-9-11-31-12-10-29)30-23(26-20)27-22(28-30)19-5-7-24-8-6-19/h2-9,14-17H,10-13,18H2,1H3;3-9,14-16,18H,10-13,17H2,1-2H3;2-8,13-15H,9-12,16H2,1H3. The average Bonchev–Trinajstić information content (AvgIpc) is 1.63. The fourth-order valence-electron chi connectivity index (χ4n) is 11.8. The van der Waals surface area contributed by atoms with Crippen LogP contribution in [0.5, 0.6) is 5.75 Å². The van der Waals surface area contributed by atoms with Crippen LogP contribution < -0.4 is 19.4 Å².